The first kappa shape index (κ1) is 13.3. The van der Waals surface area contributed by atoms with Crippen molar-refractivity contribution in [2.75, 3.05) is 7.11 Å². The van der Waals surface area contributed by atoms with E-state index in [-0.39, 0.29) is 23.0 Å². The van der Waals surface area contributed by atoms with Crippen LogP contribution >= 0.6 is 11.6 Å². The van der Waals surface area contributed by atoms with Gasteiger partial charge in [-0.15, -0.1) is 0 Å². The molecule has 0 aliphatic heterocycles. The molecule has 9 heteroatoms. The van der Waals surface area contributed by atoms with E-state index in [2.05, 4.69) is 9.72 Å². The molecule has 0 atom stereocenters. The lowest BCUT2D eigenvalue weighted by molar-refractivity contribution is -0.658. The number of methoxy groups -OCH3 is 1. The van der Waals surface area contributed by atoms with Gasteiger partial charge in [-0.3, -0.25) is 13.9 Å². The number of esters is 1. The standard InChI is InChI=1S/C10H11ClN4O4/c1-13-7-6(8(17)14(2)10(13)18)15(9(11)12-7)4-5(16)19-3/h4H2,1-3H3/p+1. The van der Waals surface area contributed by atoms with Crippen LogP contribution in [0.4, 0.5) is 0 Å². The minimum atomic E-state index is -0.552. The predicted octanol–water partition coefficient (Wildman–Crippen LogP) is -1.32. The number of nitrogens with one attached hydrogen (secondary N) is 1. The molecule has 0 radical (unpaired) electrons. The summed E-state index contributed by atoms with van der Waals surface area (Å²) in [6.07, 6.45) is 0. The van der Waals surface area contributed by atoms with E-state index in [0.29, 0.717) is 0 Å². The number of hydrogen-bond acceptors (Lipinski definition) is 4. The summed E-state index contributed by atoms with van der Waals surface area (Å²) in [4.78, 5) is 37.9. The Hall–Kier alpha value is -2.09. The number of aromatic amines is 1. The maximum Gasteiger partial charge on any atom is 0.355 e. The van der Waals surface area contributed by atoms with E-state index in [4.69, 9.17) is 11.6 Å². The Kier molecular flexibility index (Phi) is 3.19. The highest BCUT2D eigenvalue weighted by atomic mass is 35.5. The van der Waals surface area contributed by atoms with Crippen LogP contribution in [0.1, 0.15) is 0 Å². The van der Waals surface area contributed by atoms with Crippen LogP contribution in [0.25, 0.3) is 11.2 Å². The van der Waals surface area contributed by atoms with Crippen molar-refractivity contribution >= 4 is 28.7 Å². The van der Waals surface area contributed by atoms with Gasteiger partial charge in [0.1, 0.15) is 0 Å². The zero-order valence-electron chi connectivity index (χ0n) is 10.6. The molecular formula is C10H12ClN4O4+. The molecule has 0 fully saturated rings. The van der Waals surface area contributed by atoms with Gasteiger partial charge in [0.2, 0.25) is 0 Å². The van der Waals surface area contributed by atoms with Gasteiger partial charge in [0.25, 0.3) is 11.2 Å². The molecule has 0 aliphatic carbocycles. The number of ether oxygens (including phenoxy) is 1. The fraction of sp³-hybridized carbons (Fsp3) is 0.400. The van der Waals surface area contributed by atoms with Crippen molar-refractivity contribution in [2.45, 2.75) is 6.54 Å². The van der Waals surface area contributed by atoms with Crippen LogP contribution in [-0.2, 0) is 30.2 Å². The Morgan fingerprint density at radius 1 is 1.37 bits per heavy atom. The number of fused-ring (bicyclic) bond motifs is 1. The highest BCUT2D eigenvalue weighted by Crippen LogP contribution is 2.06. The zero-order valence-corrected chi connectivity index (χ0v) is 11.3. The molecule has 0 saturated carbocycles. The number of H-pyrrole nitrogens is 1. The normalized spacial score (nSPS) is 10.9. The van der Waals surface area contributed by atoms with Crippen LogP contribution in [-0.4, -0.2) is 27.2 Å². The topological polar surface area (TPSA) is 90.0 Å². The molecule has 0 saturated heterocycles. The monoisotopic (exact) mass is 287 g/mol. The second kappa shape index (κ2) is 4.54. The smallest absolute Gasteiger partial charge is 0.355 e. The highest BCUT2D eigenvalue weighted by Gasteiger charge is 2.26. The lowest BCUT2D eigenvalue weighted by Crippen LogP contribution is -2.45. The van der Waals surface area contributed by atoms with Crippen molar-refractivity contribution in [1.82, 2.24) is 14.1 Å². The number of aromatic nitrogens is 4. The maximum absolute atomic E-state index is 12.1. The molecule has 102 valence electrons. The average Bonchev–Trinajstić information content (AvgIpc) is 2.71. The molecule has 0 spiro atoms. The Balaban J connectivity index is 2.87. The number of imidazole rings is 1. The minimum absolute atomic E-state index is 0.0682. The minimum Gasteiger partial charge on any atom is -0.466 e. The molecule has 0 bridgehead atoms. The maximum atomic E-state index is 12.1. The van der Waals surface area contributed by atoms with Crippen molar-refractivity contribution in [1.29, 1.82) is 0 Å². The zero-order chi connectivity index (χ0) is 14.3. The van der Waals surface area contributed by atoms with Gasteiger partial charge in [-0.25, -0.2) is 14.6 Å². The third kappa shape index (κ3) is 1.93. The van der Waals surface area contributed by atoms with Gasteiger partial charge in [0, 0.05) is 25.7 Å². The SMILES string of the molecule is COC(=O)C[n+]1c(Cl)[nH]c2c1c(=O)n(C)c(=O)n2C. The number of rotatable bonds is 2. The number of nitrogens with zero attached hydrogens (tertiary/aromatic N) is 3. The number of carbonyl (C=O) groups excluding carboxylic acids is 1. The van der Waals surface area contributed by atoms with E-state index < -0.39 is 17.2 Å². The fourth-order valence-electron chi connectivity index (χ4n) is 1.82. The summed E-state index contributed by atoms with van der Waals surface area (Å²) in [6, 6.07) is 0. The van der Waals surface area contributed by atoms with E-state index in [9.17, 15) is 14.4 Å². The number of carbonyl (C=O) groups is 1. The Morgan fingerprint density at radius 2 is 2.00 bits per heavy atom. The second-order valence-corrected chi connectivity index (χ2v) is 4.34. The van der Waals surface area contributed by atoms with Crippen LogP contribution in [0.5, 0.6) is 0 Å². The highest BCUT2D eigenvalue weighted by molar-refractivity contribution is 6.27. The van der Waals surface area contributed by atoms with Gasteiger partial charge in [-0.05, 0) is 0 Å². The van der Waals surface area contributed by atoms with Crippen molar-refractivity contribution < 1.29 is 14.1 Å². The summed E-state index contributed by atoms with van der Waals surface area (Å²) in [6.45, 7) is -0.219. The molecule has 2 aromatic heterocycles. The summed E-state index contributed by atoms with van der Waals surface area (Å²) in [5, 5.41) is 0.0682. The van der Waals surface area contributed by atoms with E-state index >= 15 is 0 Å². The molecular weight excluding hydrogens is 276 g/mol. The van der Waals surface area contributed by atoms with Crippen LogP contribution in [0, 0.1) is 0 Å². The molecule has 0 amide bonds. The molecule has 2 heterocycles. The Labute approximate surface area is 111 Å². The third-order valence-electron chi connectivity index (χ3n) is 2.88. The molecule has 2 rings (SSSR count). The molecule has 19 heavy (non-hydrogen) atoms. The molecule has 1 N–H and O–H groups in total. The van der Waals surface area contributed by atoms with E-state index in [1.54, 1.807) is 0 Å². The lowest BCUT2D eigenvalue weighted by Gasteiger charge is -2.01. The summed E-state index contributed by atoms with van der Waals surface area (Å²) >= 11 is 5.95. The third-order valence-corrected chi connectivity index (χ3v) is 3.18. The van der Waals surface area contributed by atoms with Crippen LogP contribution < -0.4 is 15.8 Å². The average molecular weight is 288 g/mol. The molecule has 8 nitrogen and oxygen atoms in total. The van der Waals surface area contributed by atoms with Gasteiger partial charge < -0.3 is 4.74 Å². The first-order valence-corrected chi connectivity index (χ1v) is 5.70. The quantitative estimate of drug-likeness (QED) is 0.421. The van der Waals surface area contributed by atoms with Crippen LogP contribution in [0.2, 0.25) is 5.28 Å². The summed E-state index contributed by atoms with van der Waals surface area (Å²) in [7, 11) is 4.09. The Bertz CT molecular complexity index is 785. The Morgan fingerprint density at radius 3 is 2.58 bits per heavy atom. The molecule has 0 unspecified atom stereocenters. The van der Waals surface area contributed by atoms with Crippen molar-refractivity contribution in [2.24, 2.45) is 14.1 Å². The number of aryl methyl sites for hydroxylation is 1. The lowest BCUT2D eigenvalue weighted by atomic mass is 10.5. The van der Waals surface area contributed by atoms with Gasteiger partial charge in [0.15, 0.2) is 6.54 Å². The van der Waals surface area contributed by atoms with E-state index in [0.717, 1.165) is 4.57 Å². The van der Waals surface area contributed by atoms with Crippen molar-refractivity contribution in [3.8, 4) is 0 Å². The number of halogens is 1. The van der Waals surface area contributed by atoms with Crippen molar-refractivity contribution in [3.05, 3.63) is 26.1 Å². The summed E-state index contributed by atoms with van der Waals surface area (Å²) < 4.78 is 8.00. The number of hydrogen-bond donors (Lipinski definition) is 1. The first-order valence-electron chi connectivity index (χ1n) is 5.32. The van der Waals surface area contributed by atoms with Gasteiger partial charge >= 0.3 is 22.5 Å². The van der Waals surface area contributed by atoms with Crippen LogP contribution in [0.3, 0.4) is 0 Å². The second-order valence-electron chi connectivity index (χ2n) is 3.98. The largest absolute Gasteiger partial charge is 0.466 e. The summed E-state index contributed by atoms with van der Waals surface area (Å²) in [5.74, 6) is -0.552. The van der Waals surface area contributed by atoms with Crippen molar-refractivity contribution in [3.63, 3.8) is 0 Å². The molecule has 0 aliphatic rings. The fourth-order valence-corrected chi connectivity index (χ4v) is 2.05. The van der Waals surface area contributed by atoms with Gasteiger partial charge in [-0.2, -0.15) is 4.57 Å². The summed E-state index contributed by atoms with van der Waals surface area (Å²) in [5.41, 5.74) is -0.632. The van der Waals surface area contributed by atoms with Crippen LogP contribution in [0.15, 0.2) is 9.59 Å². The van der Waals surface area contributed by atoms with E-state index in [1.165, 1.54) is 30.3 Å². The first-order chi connectivity index (χ1) is 8.88. The molecule has 0 aromatic carbocycles. The van der Waals surface area contributed by atoms with Gasteiger partial charge in [-0.1, -0.05) is 0 Å². The van der Waals surface area contributed by atoms with Gasteiger partial charge in [0.05, 0.1) is 7.11 Å². The predicted molar refractivity (Wildman–Crippen MR) is 66.0 cm³/mol. The molecule has 2 aromatic rings. The van der Waals surface area contributed by atoms with E-state index in [1.807, 2.05) is 0 Å².